The molecule has 0 saturated carbocycles. The van der Waals surface area contributed by atoms with E-state index < -0.39 is 0 Å². The molecule has 64 heavy (non-hydrogen) atoms. The standard InChI is InChI=1S/C62H42N2/c1-5-13-41(14-6-1)45-25-31-59-55(37-45)57-39-47(27-33-61(57)63(59)51-17-9-3-10-18-51)43-23-29-53-49(35-43)21-22-50-36-44(24-30-54(50)53)48-28-34-62-58(40-48)56-38-46(42-15-7-2-8-16-42)26-32-60(56)64(62)52-19-11-4-12-20-52/h1-20,23-40H,21-22H2. The predicted molar refractivity (Wildman–Crippen MR) is 270 cm³/mol. The first-order valence-corrected chi connectivity index (χ1v) is 22.4. The van der Waals surface area contributed by atoms with Crippen LogP contribution >= 0.6 is 0 Å². The summed E-state index contributed by atoms with van der Waals surface area (Å²) in [5.74, 6) is 0. The summed E-state index contributed by atoms with van der Waals surface area (Å²) in [5, 5.41) is 5.07. The number of nitrogens with zero attached hydrogens (tertiary/aromatic N) is 2. The molecule has 0 spiro atoms. The molecule has 2 aromatic heterocycles. The number of para-hydroxylation sites is 2. The number of hydrogen-bond donors (Lipinski definition) is 0. The Hall–Kier alpha value is -8.20. The van der Waals surface area contributed by atoms with E-state index in [1.807, 2.05) is 0 Å². The monoisotopic (exact) mass is 814 g/mol. The van der Waals surface area contributed by atoms with Crippen LogP contribution in [0.15, 0.2) is 231 Å². The number of fused-ring (bicyclic) bond motifs is 9. The molecule has 0 aliphatic heterocycles. The van der Waals surface area contributed by atoms with Gasteiger partial charge in [0.15, 0.2) is 0 Å². The molecular weight excluding hydrogens is 773 g/mol. The Morgan fingerprint density at radius 1 is 0.234 bits per heavy atom. The lowest BCUT2D eigenvalue weighted by Crippen LogP contribution is -2.04. The fourth-order valence-corrected chi connectivity index (χ4v) is 10.5. The third kappa shape index (κ3) is 5.95. The van der Waals surface area contributed by atoms with Gasteiger partial charge in [-0.05, 0) is 152 Å². The molecule has 1 aliphatic carbocycles. The summed E-state index contributed by atoms with van der Waals surface area (Å²) in [5.41, 5.74) is 22.7. The molecule has 0 saturated heterocycles. The van der Waals surface area contributed by atoms with Crippen LogP contribution < -0.4 is 0 Å². The Morgan fingerprint density at radius 3 is 0.859 bits per heavy atom. The molecule has 10 aromatic carbocycles. The lowest BCUT2D eigenvalue weighted by molar-refractivity contribution is 0.943. The van der Waals surface area contributed by atoms with E-state index in [9.17, 15) is 0 Å². The summed E-state index contributed by atoms with van der Waals surface area (Å²) in [7, 11) is 0. The van der Waals surface area contributed by atoms with Crippen LogP contribution in [0.4, 0.5) is 0 Å². The third-order valence-electron chi connectivity index (χ3n) is 13.6. The van der Waals surface area contributed by atoms with Crippen LogP contribution in [-0.4, -0.2) is 9.13 Å². The van der Waals surface area contributed by atoms with E-state index in [1.54, 1.807) is 0 Å². The van der Waals surface area contributed by atoms with Crippen molar-refractivity contribution in [2.45, 2.75) is 12.8 Å². The second-order valence-corrected chi connectivity index (χ2v) is 17.2. The van der Waals surface area contributed by atoms with Gasteiger partial charge in [-0.15, -0.1) is 0 Å². The molecule has 1 aliphatic rings. The van der Waals surface area contributed by atoms with Crippen molar-refractivity contribution in [1.82, 2.24) is 9.13 Å². The molecule has 0 bridgehead atoms. The molecule has 300 valence electrons. The minimum absolute atomic E-state index is 1.02. The molecule has 2 nitrogen and oxygen atoms in total. The Morgan fingerprint density at radius 2 is 0.516 bits per heavy atom. The summed E-state index contributed by atoms with van der Waals surface area (Å²) in [4.78, 5) is 0. The van der Waals surface area contributed by atoms with Gasteiger partial charge in [-0.3, -0.25) is 0 Å². The Bertz CT molecular complexity index is 3490. The van der Waals surface area contributed by atoms with Crippen molar-refractivity contribution in [2.75, 3.05) is 0 Å². The van der Waals surface area contributed by atoms with E-state index >= 15 is 0 Å². The summed E-state index contributed by atoms with van der Waals surface area (Å²) in [6.45, 7) is 0. The van der Waals surface area contributed by atoms with E-state index in [0.717, 1.165) is 12.8 Å². The number of benzene rings is 10. The molecule has 0 unspecified atom stereocenters. The molecular formula is C62H42N2. The van der Waals surface area contributed by atoms with Gasteiger partial charge in [0.25, 0.3) is 0 Å². The van der Waals surface area contributed by atoms with E-state index in [1.165, 1.54) is 122 Å². The predicted octanol–water partition coefficient (Wildman–Crippen LogP) is 16.3. The van der Waals surface area contributed by atoms with Crippen LogP contribution in [0, 0.1) is 0 Å². The van der Waals surface area contributed by atoms with Gasteiger partial charge in [-0.2, -0.15) is 0 Å². The number of aromatic nitrogens is 2. The Labute approximate surface area is 372 Å². The molecule has 0 N–H and O–H groups in total. The van der Waals surface area contributed by atoms with E-state index in [0.29, 0.717) is 0 Å². The molecule has 13 rings (SSSR count). The van der Waals surface area contributed by atoms with Crippen LogP contribution in [0.25, 0.3) is 111 Å². The van der Waals surface area contributed by atoms with Gasteiger partial charge in [-0.1, -0.05) is 158 Å². The maximum absolute atomic E-state index is 2.44. The minimum atomic E-state index is 1.02. The first-order chi connectivity index (χ1) is 31.7. The minimum Gasteiger partial charge on any atom is -0.309 e. The van der Waals surface area contributed by atoms with Crippen LogP contribution in [0.3, 0.4) is 0 Å². The van der Waals surface area contributed by atoms with Gasteiger partial charge in [0.1, 0.15) is 0 Å². The van der Waals surface area contributed by atoms with Gasteiger partial charge in [0.05, 0.1) is 22.1 Å². The highest BCUT2D eigenvalue weighted by Crippen LogP contribution is 2.42. The fourth-order valence-electron chi connectivity index (χ4n) is 10.5. The fraction of sp³-hybridized carbons (Fsp3) is 0.0323. The lowest BCUT2D eigenvalue weighted by atomic mass is 9.83. The van der Waals surface area contributed by atoms with Crippen molar-refractivity contribution < 1.29 is 0 Å². The van der Waals surface area contributed by atoms with Crippen molar-refractivity contribution in [3.8, 4) is 67.0 Å². The third-order valence-corrected chi connectivity index (χ3v) is 13.6. The summed E-state index contributed by atoms with van der Waals surface area (Å²) >= 11 is 0. The maximum atomic E-state index is 2.44. The van der Waals surface area contributed by atoms with Crippen LogP contribution in [-0.2, 0) is 12.8 Å². The van der Waals surface area contributed by atoms with Gasteiger partial charge in [-0.25, -0.2) is 0 Å². The second-order valence-electron chi connectivity index (χ2n) is 17.2. The lowest BCUT2D eigenvalue weighted by Gasteiger charge is -2.22. The highest BCUT2D eigenvalue weighted by molar-refractivity contribution is 6.13. The summed E-state index contributed by atoms with van der Waals surface area (Å²) < 4.78 is 4.81. The Kier molecular flexibility index (Phi) is 8.39. The zero-order chi connectivity index (χ0) is 42.1. The Balaban J connectivity index is 0.874. The average molecular weight is 815 g/mol. The van der Waals surface area contributed by atoms with Crippen LogP contribution in [0.2, 0.25) is 0 Å². The van der Waals surface area contributed by atoms with Crippen molar-refractivity contribution >= 4 is 43.6 Å². The molecule has 2 heteroatoms. The molecule has 0 radical (unpaired) electrons. The largest absolute Gasteiger partial charge is 0.309 e. The van der Waals surface area contributed by atoms with Crippen LogP contribution in [0.5, 0.6) is 0 Å². The average Bonchev–Trinajstić information content (AvgIpc) is 3.88. The first kappa shape index (κ1) is 36.5. The molecule has 0 fully saturated rings. The zero-order valence-corrected chi connectivity index (χ0v) is 35.2. The number of aryl methyl sites for hydroxylation is 2. The number of hydrogen-bond acceptors (Lipinski definition) is 0. The van der Waals surface area contributed by atoms with Gasteiger partial charge in [0, 0.05) is 32.9 Å². The van der Waals surface area contributed by atoms with Gasteiger partial charge in [0.2, 0.25) is 0 Å². The summed E-state index contributed by atoms with van der Waals surface area (Å²) in [6.07, 6.45) is 2.03. The second kappa shape index (κ2) is 14.7. The highest BCUT2D eigenvalue weighted by atomic mass is 15.0. The van der Waals surface area contributed by atoms with Crippen molar-refractivity contribution in [3.63, 3.8) is 0 Å². The maximum Gasteiger partial charge on any atom is 0.0541 e. The van der Waals surface area contributed by atoms with Crippen molar-refractivity contribution in [1.29, 1.82) is 0 Å². The summed E-state index contributed by atoms with van der Waals surface area (Å²) in [6, 6.07) is 85.1. The van der Waals surface area contributed by atoms with Crippen molar-refractivity contribution in [3.05, 3.63) is 242 Å². The van der Waals surface area contributed by atoms with E-state index in [4.69, 9.17) is 0 Å². The molecule has 0 amide bonds. The topological polar surface area (TPSA) is 9.86 Å². The normalized spacial score (nSPS) is 12.2. The van der Waals surface area contributed by atoms with Gasteiger partial charge < -0.3 is 9.13 Å². The molecule has 12 aromatic rings. The first-order valence-electron chi connectivity index (χ1n) is 22.4. The molecule has 0 atom stereocenters. The van der Waals surface area contributed by atoms with Crippen LogP contribution in [0.1, 0.15) is 11.1 Å². The van der Waals surface area contributed by atoms with E-state index in [2.05, 4.69) is 240 Å². The smallest absolute Gasteiger partial charge is 0.0541 e. The van der Waals surface area contributed by atoms with Crippen molar-refractivity contribution in [2.24, 2.45) is 0 Å². The zero-order valence-electron chi connectivity index (χ0n) is 35.2. The van der Waals surface area contributed by atoms with E-state index in [-0.39, 0.29) is 0 Å². The highest BCUT2D eigenvalue weighted by Gasteiger charge is 2.20. The number of rotatable bonds is 6. The van der Waals surface area contributed by atoms with Gasteiger partial charge >= 0.3 is 0 Å². The molecule has 2 heterocycles. The SMILES string of the molecule is c1ccc(-c2ccc3c(c2)c2cc(-c4ccc5c(c4)CCc4cc(-c6ccc7c(c6)c6cc(-c8ccccc8)ccc6n7-c6ccccc6)ccc4-5)ccc2n3-c2ccccc2)cc1. The quantitative estimate of drug-likeness (QED) is 0.158.